The van der Waals surface area contributed by atoms with Gasteiger partial charge < -0.3 is 0 Å². The molecule has 4 nitrogen and oxygen atoms in total. The Hall–Kier alpha value is -2.01. The van der Waals surface area contributed by atoms with Crippen molar-refractivity contribution in [3.05, 3.63) is 46.0 Å². The van der Waals surface area contributed by atoms with E-state index in [1.165, 1.54) is 11.3 Å². The molecule has 102 valence electrons. The fourth-order valence-corrected chi connectivity index (χ4v) is 3.25. The van der Waals surface area contributed by atoms with Crippen LogP contribution in [-0.4, -0.2) is 16.7 Å². The zero-order valence-corrected chi connectivity index (χ0v) is 11.9. The third kappa shape index (κ3) is 2.49. The molecule has 0 bridgehead atoms. The van der Waals surface area contributed by atoms with Crippen molar-refractivity contribution < 1.29 is 9.59 Å². The number of rotatable bonds is 2. The second kappa shape index (κ2) is 5.17. The summed E-state index contributed by atoms with van der Waals surface area (Å²) in [7, 11) is 0. The van der Waals surface area contributed by atoms with Gasteiger partial charge in [0.1, 0.15) is 0 Å². The molecule has 1 aromatic carbocycles. The topological polar surface area (TPSA) is 59.1 Å². The van der Waals surface area contributed by atoms with Crippen molar-refractivity contribution in [2.75, 3.05) is 5.32 Å². The van der Waals surface area contributed by atoms with Gasteiger partial charge >= 0.3 is 0 Å². The Morgan fingerprint density at radius 3 is 2.95 bits per heavy atom. The molecule has 3 rings (SSSR count). The van der Waals surface area contributed by atoms with Crippen LogP contribution in [0.5, 0.6) is 0 Å². The number of fused-ring (bicyclic) bond motifs is 1. The molecule has 2 aromatic rings. The first-order valence-electron chi connectivity index (χ1n) is 6.54. The SMILES string of the molecule is Cc1cccc(C(=O)Nc2nc3c(s2)C(=O)CCC3)c1. The molecular formula is C15H14N2O2S. The van der Waals surface area contributed by atoms with Gasteiger partial charge in [-0.1, -0.05) is 29.0 Å². The molecule has 1 aliphatic carbocycles. The third-order valence-electron chi connectivity index (χ3n) is 3.27. The van der Waals surface area contributed by atoms with Crippen molar-refractivity contribution in [2.45, 2.75) is 26.2 Å². The van der Waals surface area contributed by atoms with Crippen molar-refractivity contribution in [3.8, 4) is 0 Å². The van der Waals surface area contributed by atoms with Gasteiger partial charge in [-0.2, -0.15) is 0 Å². The fourth-order valence-electron chi connectivity index (χ4n) is 2.28. The predicted molar refractivity (Wildman–Crippen MR) is 78.5 cm³/mol. The Bertz CT molecular complexity index is 691. The highest BCUT2D eigenvalue weighted by Crippen LogP contribution is 2.29. The number of nitrogens with zero attached hydrogens (tertiary/aromatic N) is 1. The van der Waals surface area contributed by atoms with E-state index in [0.29, 0.717) is 22.0 Å². The van der Waals surface area contributed by atoms with Crippen LogP contribution in [0.1, 0.15) is 44.1 Å². The van der Waals surface area contributed by atoms with Gasteiger partial charge in [0.15, 0.2) is 10.9 Å². The van der Waals surface area contributed by atoms with Gasteiger partial charge in [-0.05, 0) is 31.9 Å². The van der Waals surface area contributed by atoms with Crippen molar-refractivity contribution in [3.63, 3.8) is 0 Å². The number of hydrogen-bond acceptors (Lipinski definition) is 4. The third-order valence-corrected chi connectivity index (χ3v) is 4.32. The molecule has 0 saturated heterocycles. The Balaban J connectivity index is 1.81. The minimum absolute atomic E-state index is 0.139. The highest BCUT2D eigenvalue weighted by Gasteiger charge is 2.22. The highest BCUT2D eigenvalue weighted by atomic mass is 32.1. The zero-order chi connectivity index (χ0) is 14.1. The Kier molecular flexibility index (Phi) is 3.36. The number of aromatic nitrogens is 1. The molecule has 0 radical (unpaired) electrons. The van der Waals surface area contributed by atoms with Crippen LogP contribution < -0.4 is 5.32 Å². The molecule has 1 aliphatic rings. The molecule has 1 N–H and O–H groups in total. The standard InChI is InChI=1S/C15H14N2O2S/c1-9-4-2-5-10(8-9)14(19)17-15-16-11-6-3-7-12(18)13(11)20-15/h2,4-5,8H,3,6-7H2,1H3,(H,16,17,19). The summed E-state index contributed by atoms with van der Waals surface area (Å²) in [5.74, 6) is -0.0490. The molecular weight excluding hydrogens is 272 g/mol. The normalized spacial score (nSPS) is 13.9. The maximum Gasteiger partial charge on any atom is 0.257 e. The summed E-state index contributed by atoms with van der Waals surface area (Å²) < 4.78 is 0. The average Bonchev–Trinajstić information content (AvgIpc) is 2.83. The molecule has 0 aliphatic heterocycles. The molecule has 1 amide bonds. The van der Waals surface area contributed by atoms with Crippen molar-refractivity contribution in [1.29, 1.82) is 0 Å². The summed E-state index contributed by atoms with van der Waals surface area (Å²) in [5, 5.41) is 3.29. The minimum Gasteiger partial charge on any atom is -0.298 e. The molecule has 1 aromatic heterocycles. The monoisotopic (exact) mass is 286 g/mol. The summed E-state index contributed by atoms with van der Waals surface area (Å²) in [6, 6.07) is 7.38. The van der Waals surface area contributed by atoms with Gasteiger partial charge in [-0.25, -0.2) is 4.98 Å². The highest BCUT2D eigenvalue weighted by molar-refractivity contribution is 7.17. The van der Waals surface area contributed by atoms with Gasteiger partial charge in [0.05, 0.1) is 10.6 Å². The Labute approximate surface area is 120 Å². The molecule has 0 unspecified atom stereocenters. The number of anilines is 1. The Morgan fingerprint density at radius 1 is 1.35 bits per heavy atom. The van der Waals surface area contributed by atoms with Crippen LogP contribution in [0.4, 0.5) is 5.13 Å². The van der Waals surface area contributed by atoms with E-state index in [-0.39, 0.29) is 11.7 Å². The number of nitrogens with one attached hydrogen (secondary N) is 1. The quantitative estimate of drug-likeness (QED) is 0.922. The van der Waals surface area contributed by atoms with Gasteiger partial charge in [0.2, 0.25) is 0 Å². The van der Waals surface area contributed by atoms with Gasteiger partial charge in [-0.15, -0.1) is 0 Å². The molecule has 0 atom stereocenters. The molecule has 1 heterocycles. The summed E-state index contributed by atoms with van der Waals surface area (Å²) >= 11 is 1.28. The molecule has 5 heteroatoms. The lowest BCUT2D eigenvalue weighted by molar-refractivity contribution is 0.0975. The summed E-state index contributed by atoms with van der Waals surface area (Å²) in [4.78, 5) is 28.9. The van der Waals surface area contributed by atoms with Crippen LogP contribution in [0.15, 0.2) is 24.3 Å². The number of amides is 1. The van der Waals surface area contributed by atoms with Crippen molar-refractivity contribution >= 4 is 28.2 Å². The van der Waals surface area contributed by atoms with E-state index in [1.54, 1.807) is 6.07 Å². The predicted octanol–water partition coefficient (Wildman–Crippen LogP) is 3.22. The lowest BCUT2D eigenvalue weighted by Crippen LogP contribution is -2.11. The van der Waals surface area contributed by atoms with E-state index < -0.39 is 0 Å². The van der Waals surface area contributed by atoms with Crippen molar-refractivity contribution in [2.24, 2.45) is 0 Å². The lowest BCUT2D eigenvalue weighted by Gasteiger charge is -2.05. The van der Waals surface area contributed by atoms with Crippen LogP contribution >= 0.6 is 11.3 Å². The maximum absolute atomic E-state index is 12.1. The minimum atomic E-state index is -0.188. The first kappa shape index (κ1) is 13.0. The largest absolute Gasteiger partial charge is 0.298 e. The first-order valence-corrected chi connectivity index (χ1v) is 7.36. The summed E-state index contributed by atoms with van der Waals surface area (Å²) in [6.07, 6.45) is 2.25. The molecule has 0 fully saturated rings. The van der Waals surface area contributed by atoms with E-state index in [1.807, 2.05) is 25.1 Å². The number of Topliss-reactive ketones (excluding diaryl/α,β-unsaturated/α-hetero) is 1. The maximum atomic E-state index is 12.1. The van der Waals surface area contributed by atoms with Gasteiger partial charge in [-0.3, -0.25) is 14.9 Å². The van der Waals surface area contributed by atoms with Crippen LogP contribution in [0, 0.1) is 6.92 Å². The van der Waals surface area contributed by atoms with Crippen LogP contribution in [0.3, 0.4) is 0 Å². The first-order chi connectivity index (χ1) is 9.63. The summed E-state index contributed by atoms with van der Waals surface area (Å²) in [6.45, 7) is 1.94. The van der Waals surface area contributed by atoms with E-state index in [0.717, 1.165) is 24.1 Å². The van der Waals surface area contributed by atoms with E-state index in [4.69, 9.17) is 0 Å². The zero-order valence-electron chi connectivity index (χ0n) is 11.1. The molecule has 20 heavy (non-hydrogen) atoms. The number of benzene rings is 1. The van der Waals surface area contributed by atoms with Gasteiger partial charge in [0, 0.05) is 12.0 Å². The number of aryl methyl sites for hydroxylation is 2. The van der Waals surface area contributed by atoms with Crippen LogP contribution in [-0.2, 0) is 6.42 Å². The number of thiazole rings is 1. The smallest absolute Gasteiger partial charge is 0.257 e. The van der Waals surface area contributed by atoms with E-state index in [2.05, 4.69) is 10.3 Å². The molecule has 0 spiro atoms. The summed E-state index contributed by atoms with van der Waals surface area (Å²) in [5.41, 5.74) is 2.46. The fraction of sp³-hybridized carbons (Fsp3) is 0.267. The number of hydrogen-bond donors (Lipinski definition) is 1. The van der Waals surface area contributed by atoms with Crippen LogP contribution in [0.2, 0.25) is 0 Å². The number of carbonyl (C=O) groups is 2. The number of carbonyl (C=O) groups excluding carboxylic acids is 2. The van der Waals surface area contributed by atoms with Gasteiger partial charge in [0.25, 0.3) is 5.91 Å². The number of ketones is 1. The van der Waals surface area contributed by atoms with Crippen LogP contribution in [0.25, 0.3) is 0 Å². The second-order valence-electron chi connectivity index (χ2n) is 4.90. The molecule has 0 saturated carbocycles. The van der Waals surface area contributed by atoms with E-state index >= 15 is 0 Å². The lowest BCUT2D eigenvalue weighted by atomic mass is 10.0. The average molecular weight is 286 g/mol. The van der Waals surface area contributed by atoms with E-state index in [9.17, 15) is 9.59 Å². The Morgan fingerprint density at radius 2 is 2.20 bits per heavy atom. The van der Waals surface area contributed by atoms with Crippen molar-refractivity contribution in [1.82, 2.24) is 4.98 Å². The second-order valence-corrected chi connectivity index (χ2v) is 5.89.